The van der Waals surface area contributed by atoms with Crippen LogP contribution in [0.5, 0.6) is 0 Å². The molecule has 1 aliphatic heterocycles. The van der Waals surface area contributed by atoms with Gasteiger partial charge in [0.2, 0.25) is 17.8 Å². The van der Waals surface area contributed by atoms with Gasteiger partial charge in [0.25, 0.3) is 0 Å². The summed E-state index contributed by atoms with van der Waals surface area (Å²) in [6, 6.07) is 14.5. The number of guanidine groups is 2. The lowest BCUT2D eigenvalue weighted by molar-refractivity contribution is -0.114. The van der Waals surface area contributed by atoms with Crippen LogP contribution in [0, 0.1) is 0 Å². The largest absolute Gasteiger partial charge is 0.369 e. The third-order valence-corrected chi connectivity index (χ3v) is 3.83. The highest BCUT2D eigenvalue weighted by Gasteiger charge is 2.27. The maximum Gasteiger partial charge on any atom is 0.221 e. The van der Waals surface area contributed by atoms with Gasteiger partial charge in [-0.1, -0.05) is 29.8 Å². The summed E-state index contributed by atoms with van der Waals surface area (Å²) in [4.78, 5) is 21.4. The molecule has 0 saturated carbocycles. The van der Waals surface area contributed by atoms with E-state index in [-0.39, 0.29) is 17.8 Å². The minimum absolute atomic E-state index is 0.103. The van der Waals surface area contributed by atoms with E-state index in [0.29, 0.717) is 10.7 Å². The first-order chi connectivity index (χ1) is 11.9. The van der Waals surface area contributed by atoms with Gasteiger partial charge in [-0.05, 0) is 35.9 Å². The highest BCUT2D eigenvalue weighted by Crippen LogP contribution is 2.32. The van der Waals surface area contributed by atoms with Crippen LogP contribution in [-0.2, 0) is 4.79 Å². The standard InChI is InChI=1S/C17H17ClN6O/c1-10(25)21-13-7-5-11(6-8-13)15-22-16(19)23-17(20)24(15)14-4-2-3-12(18)9-14/h2-9,15H,1H3,(H,21,25)(H4,19,20,22,23). The van der Waals surface area contributed by atoms with Gasteiger partial charge in [-0.15, -0.1) is 0 Å². The van der Waals surface area contributed by atoms with Crippen molar-refractivity contribution in [1.29, 1.82) is 0 Å². The molecule has 2 aromatic carbocycles. The lowest BCUT2D eigenvalue weighted by Crippen LogP contribution is -2.44. The molecule has 128 valence electrons. The molecule has 0 saturated heterocycles. The average molecular weight is 357 g/mol. The fourth-order valence-electron chi connectivity index (χ4n) is 2.57. The van der Waals surface area contributed by atoms with Crippen LogP contribution in [-0.4, -0.2) is 17.8 Å². The van der Waals surface area contributed by atoms with E-state index in [4.69, 9.17) is 23.1 Å². The Kier molecular flexibility index (Phi) is 4.58. The number of nitrogens with two attached hydrogens (primary N) is 2. The number of amides is 1. The fourth-order valence-corrected chi connectivity index (χ4v) is 2.76. The normalized spacial score (nSPS) is 16.9. The number of halogens is 1. The lowest BCUT2D eigenvalue weighted by Gasteiger charge is -2.32. The minimum atomic E-state index is -0.484. The van der Waals surface area contributed by atoms with E-state index in [1.54, 1.807) is 29.2 Å². The molecule has 1 aliphatic rings. The molecule has 1 amide bonds. The Labute approximate surface area is 150 Å². The van der Waals surface area contributed by atoms with Gasteiger partial charge in [0.1, 0.15) is 0 Å². The molecule has 0 fully saturated rings. The second-order valence-corrected chi connectivity index (χ2v) is 5.92. The van der Waals surface area contributed by atoms with E-state index in [1.165, 1.54) is 6.92 Å². The number of rotatable bonds is 3. The molecule has 0 spiro atoms. The van der Waals surface area contributed by atoms with Crippen molar-refractivity contribution in [2.75, 3.05) is 10.2 Å². The van der Waals surface area contributed by atoms with Crippen LogP contribution < -0.4 is 21.7 Å². The molecule has 5 N–H and O–H groups in total. The molecule has 0 radical (unpaired) electrons. The summed E-state index contributed by atoms with van der Waals surface area (Å²) in [5, 5.41) is 3.30. The molecule has 2 aromatic rings. The van der Waals surface area contributed by atoms with Crippen molar-refractivity contribution in [3.8, 4) is 0 Å². The Morgan fingerprint density at radius 1 is 1.20 bits per heavy atom. The van der Waals surface area contributed by atoms with Gasteiger partial charge in [0.05, 0.1) is 0 Å². The van der Waals surface area contributed by atoms with Gasteiger partial charge >= 0.3 is 0 Å². The first-order valence-electron chi connectivity index (χ1n) is 7.54. The van der Waals surface area contributed by atoms with Crippen molar-refractivity contribution >= 4 is 40.8 Å². The second kappa shape index (κ2) is 6.82. The molecule has 0 aromatic heterocycles. The van der Waals surface area contributed by atoms with Gasteiger partial charge < -0.3 is 16.8 Å². The van der Waals surface area contributed by atoms with Crippen LogP contribution in [0.25, 0.3) is 0 Å². The number of nitrogens with zero attached hydrogens (tertiary/aromatic N) is 3. The van der Waals surface area contributed by atoms with E-state index in [0.717, 1.165) is 11.3 Å². The molecule has 3 rings (SSSR count). The van der Waals surface area contributed by atoms with Crippen LogP contribution in [0.1, 0.15) is 18.7 Å². The van der Waals surface area contributed by atoms with E-state index in [2.05, 4.69) is 15.3 Å². The number of aliphatic imine (C=N–C) groups is 2. The van der Waals surface area contributed by atoms with Crippen molar-refractivity contribution in [2.24, 2.45) is 21.5 Å². The zero-order valence-corrected chi connectivity index (χ0v) is 14.2. The summed E-state index contributed by atoms with van der Waals surface area (Å²) in [6.45, 7) is 1.46. The van der Waals surface area contributed by atoms with Crippen molar-refractivity contribution in [3.63, 3.8) is 0 Å². The van der Waals surface area contributed by atoms with Gasteiger partial charge in [-0.25, -0.2) is 4.99 Å². The Balaban J connectivity index is 1.99. The molecule has 1 atom stereocenters. The molecule has 7 nitrogen and oxygen atoms in total. The molecule has 1 heterocycles. The first kappa shape index (κ1) is 16.8. The van der Waals surface area contributed by atoms with Crippen molar-refractivity contribution in [1.82, 2.24) is 0 Å². The van der Waals surface area contributed by atoms with E-state index >= 15 is 0 Å². The predicted octanol–water partition coefficient (Wildman–Crippen LogP) is 2.45. The second-order valence-electron chi connectivity index (χ2n) is 5.48. The molecular weight excluding hydrogens is 340 g/mol. The number of carbonyl (C=O) groups is 1. The minimum Gasteiger partial charge on any atom is -0.369 e. The summed E-state index contributed by atoms with van der Waals surface area (Å²) < 4.78 is 0. The van der Waals surface area contributed by atoms with Crippen LogP contribution in [0.2, 0.25) is 5.02 Å². The number of benzene rings is 2. The Morgan fingerprint density at radius 2 is 1.92 bits per heavy atom. The molecule has 8 heteroatoms. The van der Waals surface area contributed by atoms with E-state index in [1.807, 2.05) is 24.3 Å². The quantitative estimate of drug-likeness (QED) is 0.784. The maximum absolute atomic E-state index is 11.2. The molecule has 25 heavy (non-hydrogen) atoms. The Morgan fingerprint density at radius 3 is 2.56 bits per heavy atom. The SMILES string of the molecule is CC(=O)Nc1ccc(C2N=C(N)N=C(N)N2c2cccc(Cl)c2)cc1. The highest BCUT2D eigenvalue weighted by atomic mass is 35.5. The van der Waals surface area contributed by atoms with Crippen LogP contribution >= 0.6 is 11.6 Å². The summed E-state index contributed by atoms with van der Waals surface area (Å²) in [5.74, 6) is 0.196. The summed E-state index contributed by atoms with van der Waals surface area (Å²) in [7, 11) is 0. The third-order valence-electron chi connectivity index (χ3n) is 3.59. The summed E-state index contributed by atoms with van der Waals surface area (Å²) >= 11 is 6.10. The lowest BCUT2D eigenvalue weighted by atomic mass is 10.1. The summed E-state index contributed by atoms with van der Waals surface area (Å²) in [6.07, 6.45) is -0.484. The van der Waals surface area contributed by atoms with Crippen LogP contribution in [0.4, 0.5) is 11.4 Å². The molecule has 1 unspecified atom stereocenters. The monoisotopic (exact) mass is 356 g/mol. The predicted molar refractivity (Wildman–Crippen MR) is 101 cm³/mol. The number of anilines is 2. The van der Waals surface area contributed by atoms with Crippen molar-refractivity contribution in [2.45, 2.75) is 13.1 Å². The number of carbonyl (C=O) groups excluding carboxylic acids is 1. The van der Waals surface area contributed by atoms with Crippen molar-refractivity contribution in [3.05, 3.63) is 59.1 Å². The number of hydrogen-bond acceptors (Lipinski definition) is 6. The summed E-state index contributed by atoms with van der Waals surface area (Å²) in [5.41, 5.74) is 14.2. The van der Waals surface area contributed by atoms with Gasteiger partial charge in [0, 0.05) is 23.3 Å². The molecule has 0 aliphatic carbocycles. The fraction of sp³-hybridized carbons (Fsp3) is 0.118. The highest BCUT2D eigenvalue weighted by molar-refractivity contribution is 6.31. The van der Waals surface area contributed by atoms with Gasteiger partial charge in [-0.2, -0.15) is 4.99 Å². The average Bonchev–Trinajstić information content (AvgIpc) is 2.54. The Hall–Kier alpha value is -3.06. The zero-order chi connectivity index (χ0) is 18.0. The Bertz CT molecular complexity index is 862. The van der Waals surface area contributed by atoms with Gasteiger partial charge in [0.15, 0.2) is 6.17 Å². The van der Waals surface area contributed by atoms with Crippen molar-refractivity contribution < 1.29 is 4.79 Å². The van der Waals surface area contributed by atoms with Crippen LogP contribution in [0.3, 0.4) is 0 Å². The van der Waals surface area contributed by atoms with Crippen LogP contribution in [0.15, 0.2) is 58.5 Å². The zero-order valence-electron chi connectivity index (χ0n) is 13.5. The number of hydrogen-bond donors (Lipinski definition) is 3. The maximum atomic E-state index is 11.2. The first-order valence-corrected chi connectivity index (χ1v) is 7.91. The smallest absolute Gasteiger partial charge is 0.221 e. The van der Waals surface area contributed by atoms with Gasteiger partial charge in [-0.3, -0.25) is 9.69 Å². The van der Waals surface area contributed by atoms with E-state index < -0.39 is 6.17 Å². The van der Waals surface area contributed by atoms with E-state index in [9.17, 15) is 4.79 Å². The third kappa shape index (κ3) is 3.72. The number of nitrogens with one attached hydrogen (secondary N) is 1. The molecular formula is C17H17ClN6O. The molecule has 0 bridgehead atoms. The topological polar surface area (TPSA) is 109 Å².